The van der Waals surface area contributed by atoms with E-state index in [1.54, 1.807) is 0 Å². The van der Waals surface area contributed by atoms with E-state index in [2.05, 4.69) is 31.2 Å². The van der Waals surface area contributed by atoms with Gasteiger partial charge < -0.3 is 20.9 Å². The van der Waals surface area contributed by atoms with Gasteiger partial charge in [0, 0.05) is 19.1 Å². The number of aryl methyl sites for hydroxylation is 1. The molecule has 1 fully saturated rings. The zero-order chi connectivity index (χ0) is 18.6. The zero-order valence-electron chi connectivity index (χ0n) is 15.7. The van der Waals surface area contributed by atoms with Gasteiger partial charge in [-0.05, 0) is 32.5 Å². The normalized spacial score (nSPS) is 21.4. The summed E-state index contributed by atoms with van der Waals surface area (Å²) in [4.78, 5) is 28.3. The average Bonchev–Trinajstić information content (AvgIpc) is 2.98. The molecular weight excluding hydrogens is 316 g/mol. The molecule has 1 aliphatic rings. The van der Waals surface area contributed by atoms with Crippen molar-refractivity contribution < 1.29 is 9.59 Å². The Morgan fingerprint density at radius 2 is 2.08 bits per heavy atom. The van der Waals surface area contributed by atoms with Crippen molar-refractivity contribution in [2.45, 2.75) is 38.8 Å². The van der Waals surface area contributed by atoms with E-state index in [9.17, 15) is 9.59 Å². The minimum Gasteiger partial charge on any atom is -0.352 e. The molecule has 1 saturated heterocycles. The molecule has 0 aromatic heterocycles. The third-order valence-electron chi connectivity index (χ3n) is 5.09. The molecule has 1 heterocycles. The van der Waals surface area contributed by atoms with Gasteiger partial charge in [0.05, 0.1) is 12.5 Å². The molecule has 1 aliphatic heterocycles. The van der Waals surface area contributed by atoms with Crippen molar-refractivity contribution in [3.8, 4) is 0 Å². The Hall–Kier alpha value is -2.08. The first-order valence-electron chi connectivity index (χ1n) is 8.88. The summed E-state index contributed by atoms with van der Waals surface area (Å²) in [6.45, 7) is 5.66. The van der Waals surface area contributed by atoms with Crippen LogP contribution in [0.2, 0.25) is 0 Å². The van der Waals surface area contributed by atoms with Gasteiger partial charge in [-0.2, -0.15) is 0 Å². The largest absolute Gasteiger partial charge is 0.352 e. The first-order chi connectivity index (χ1) is 11.8. The maximum Gasteiger partial charge on any atom is 0.312 e. The minimum absolute atomic E-state index is 0.0584. The average molecular weight is 346 g/mol. The highest BCUT2D eigenvalue weighted by Gasteiger charge is 2.36. The first-order valence-corrected chi connectivity index (χ1v) is 8.88. The van der Waals surface area contributed by atoms with Gasteiger partial charge in [-0.3, -0.25) is 4.79 Å². The fourth-order valence-electron chi connectivity index (χ4n) is 3.66. The lowest BCUT2D eigenvalue weighted by Crippen LogP contribution is -2.39. The van der Waals surface area contributed by atoms with E-state index in [0.717, 1.165) is 30.6 Å². The quantitative estimate of drug-likeness (QED) is 0.826. The SMILES string of the molecule is CC[C@@H]1CN(C(=O)C[C@@H](NC(N)=O)c2cccc(C)c2)C[C@@H]1N(C)C. The molecule has 6 heteroatoms. The summed E-state index contributed by atoms with van der Waals surface area (Å²) in [5.41, 5.74) is 7.31. The van der Waals surface area contributed by atoms with Crippen LogP contribution >= 0.6 is 0 Å². The second-order valence-electron chi connectivity index (χ2n) is 7.18. The topological polar surface area (TPSA) is 78.7 Å². The number of hydrogen-bond acceptors (Lipinski definition) is 3. The second-order valence-corrected chi connectivity index (χ2v) is 7.18. The van der Waals surface area contributed by atoms with E-state index in [1.807, 2.05) is 36.1 Å². The third kappa shape index (κ3) is 4.95. The van der Waals surface area contributed by atoms with E-state index in [0.29, 0.717) is 12.0 Å². The van der Waals surface area contributed by atoms with Crippen LogP contribution in [0.25, 0.3) is 0 Å². The monoisotopic (exact) mass is 346 g/mol. The lowest BCUT2D eigenvalue weighted by molar-refractivity contribution is -0.130. The van der Waals surface area contributed by atoms with Gasteiger partial charge in [-0.25, -0.2) is 4.79 Å². The maximum absolute atomic E-state index is 12.8. The van der Waals surface area contributed by atoms with Crippen molar-refractivity contribution in [2.75, 3.05) is 27.2 Å². The minimum atomic E-state index is -0.613. The molecule has 2 rings (SSSR count). The molecule has 1 aromatic carbocycles. The molecule has 138 valence electrons. The number of amides is 3. The fourth-order valence-corrected chi connectivity index (χ4v) is 3.66. The predicted octanol–water partition coefficient (Wildman–Crippen LogP) is 1.89. The molecule has 0 unspecified atom stereocenters. The molecule has 3 amide bonds. The van der Waals surface area contributed by atoms with E-state index in [-0.39, 0.29) is 12.3 Å². The number of rotatable bonds is 6. The first kappa shape index (κ1) is 19.2. The van der Waals surface area contributed by atoms with Gasteiger partial charge >= 0.3 is 6.03 Å². The van der Waals surface area contributed by atoms with Crippen molar-refractivity contribution in [1.29, 1.82) is 0 Å². The Morgan fingerprint density at radius 1 is 1.36 bits per heavy atom. The van der Waals surface area contributed by atoms with E-state index in [4.69, 9.17) is 5.73 Å². The summed E-state index contributed by atoms with van der Waals surface area (Å²) in [5, 5.41) is 2.72. The highest BCUT2D eigenvalue weighted by atomic mass is 16.2. The van der Waals surface area contributed by atoms with Gasteiger partial charge in [0.25, 0.3) is 0 Å². The van der Waals surface area contributed by atoms with E-state index >= 15 is 0 Å². The van der Waals surface area contributed by atoms with Crippen LogP contribution in [0.1, 0.15) is 36.9 Å². The van der Waals surface area contributed by atoms with Crippen LogP contribution in [0.4, 0.5) is 4.79 Å². The number of primary amides is 1. The molecule has 0 spiro atoms. The molecule has 0 aliphatic carbocycles. The van der Waals surface area contributed by atoms with Crippen LogP contribution < -0.4 is 11.1 Å². The molecular formula is C19H30N4O2. The van der Waals surface area contributed by atoms with E-state index < -0.39 is 12.1 Å². The number of likely N-dealkylation sites (tertiary alicyclic amines) is 1. The zero-order valence-corrected chi connectivity index (χ0v) is 15.7. The summed E-state index contributed by atoms with van der Waals surface area (Å²) in [6, 6.07) is 7.19. The smallest absolute Gasteiger partial charge is 0.312 e. The number of nitrogens with two attached hydrogens (primary N) is 1. The summed E-state index contributed by atoms with van der Waals surface area (Å²) >= 11 is 0. The predicted molar refractivity (Wildman–Crippen MR) is 99.1 cm³/mol. The Labute approximate surface area is 150 Å². The summed E-state index contributed by atoms with van der Waals surface area (Å²) in [7, 11) is 4.12. The Kier molecular flexibility index (Phi) is 6.42. The van der Waals surface area contributed by atoms with Crippen LogP contribution in [0.3, 0.4) is 0 Å². The number of likely N-dealkylation sites (N-methyl/N-ethyl adjacent to an activating group) is 1. The standard InChI is InChI=1S/C19H30N4O2/c1-5-14-11-23(12-17(14)22(3)4)18(24)10-16(21-19(20)25)15-8-6-7-13(2)9-15/h6-9,14,16-17H,5,10-12H2,1-4H3,(H3,20,21,25)/t14-,16-,17+/m1/s1. The number of carbonyl (C=O) groups excluding carboxylic acids is 2. The molecule has 3 N–H and O–H groups in total. The summed E-state index contributed by atoms with van der Waals surface area (Å²) in [6.07, 6.45) is 1.27. The van der Waals surface area contributed by atoms with Crippen LogP contribution in [0.15, 0.2) is 24.3 Å². The van der Waals surface area contributed by atoms with Crippen LogP contribution in [-0.4, -0.2) is 55.0 Å². The number of nitrogens with one attached hydrogen (secondary N) is 1. The Balaban J connectivity index is 2.11. The van der Waals surface area contributed by atoms with Crippen molar-refractivity contribution in [1.82, 2.24) is 15.1 Å². The highest BCUT2D eigenvalue weighted by Crippen LogP contribution is 2.26. The molecule has 6 nitrogen and oxygen atoms in total. The molecule has 0 radical (unpaired) electrons. The number of urea groups is 1. The van der Waals surface area contributed by atoms with Crippen LogP contribution in [-0.2, 0) is 4.79 Å². The van der Waals surface area contributed by atoms with Gasteiger partial charge in [0.15, 0.2) is 0 Å². The lowest BCUT2D eigenvalue weighted by atomic mass is 10.0. The summed E-state index contributed by atoms with van der Waals surface area (Å²) < 4.78 is 0. The molecule has 0 saturated carbocycles. The third-order valence-corrected chi connectivity index (χ3v) is 5.09. The Bertz CT molecular complexity index is 617. The second kappa shape index (κ2) is 8.34. The van der Waals surface area contributed by atoms with Gasteiger partial charge in [0.1, 0.15) is 0 Å². The van der Waals surface area contributed by atoms with Crippen molar-refractivity contribution in [3.63, 3.8) is 0 Å². The Morgan fingerprint density at radius 3 is 2.60 bits per heavy atom. The van der Waals surface area contributed by atoms with Crippen molar-refractivity contribution in [2.24, 2.45) is 11.7 Å². The fraction of sp³-hybridized carbons (Fsp3) is 0.579. The van der Waals surface area contributed by atoms with Crippen LogP contribution in [0, 0.1) is 12.8 Å². The summed E-state index contributed by atoms with van der Waals surface area (Å²) in [5.74, 6) is 0.545. The number of hydrogen-bond donors (Lipinski definition) is 2. The van der Waals surface area contributed by atoms with Crippen molar-refractivity contribution in [3.05, 3.63) is 35.4 Å². The lowest BCUT2D eigenvalue weighted by Gasteiger charge is -2.24. The van der Waals surface area contributed by atoms with E-state index in [1.165, 1.54) is 0 Å². The maximum atomic E-state index is 12.8. The highest BCUT2D eigenvalue weighted by molar-refractivity contribution is 5.79. The number of benzene rings is 1. The molecule has 0 bridgehead atoms. The number of carbonyl (C=O) groups is 2. The van der Waals surface area contributed by atoms with Gasteiger partial charge in [-0.15, -0.1) is 0 Å². The van der Waals surface area contributed by atoms with Crippen molar-refractivity contribution >= 4 is 11.9 Å². The number of nitrogens with zero attached hydrogens (tertiary/aromatic N) is 2. The molecule has 1 aromatic rings. The van der Waals surface area contributed by atoms with Crippen LogP contribution in [0.5, 0.6) is 0 Å². The molecule has 25 heavy (non-hydrogen) atoms. The van der Waals surface area contributed by atoms with Gasteiger partial charge in [0.2, 0.25) is 5.91 Å². The van der Waals surface area contributed by atoms with Gasteiger partial charge in [-0.1, -0.05) is 43.2 Å². The molecule has 3 atom stereocenters.